The van der Waals surface area contributed by atoms with Crippen LogP contribution in [0.25, 0.3) is 0 Å². The number of esters is 1. The van der Waals surface area contributed by atoms with Crippen molar-refractivity contribution in [3.05, 3.63) is 35.9 Å². The first kappa shape index (κ1) is 20.3. The summed E-state index contributed by atoms with van der Waals surface area (Å²) in [5, 5.41) is 0. The first-order chi connectivity index (χ1) is 12.8. The van der Waals surface area contributed by atoms with Gasteiger partial charge in [0.1, 0.15) is 12.2 Å². The molecular weight excluding hydrogens is 368 g/mol. The first-order valence-corrected chi connectivity index (χ1v) is 10.2. The number of carbonyl (C=O) groups excluding carboxylic acids is 2. The minimum Gasteiger partial charge on any atom is -0.451 e. The molecule has 0 aliphatic carbocycles. The molecule has 2 fully saturated rings. The zero-order chi connectivity index (χ0) is 19.6. The van der Waals surface area contributed by atoms with Gasteiger partial charge in [-0.3, -0.25) is 9.59 Å². The van der Waals surface area contributed by atoms with Crippen molar-refractivity contribution in [1.82, 2.24) is 0 Å². The largest absolute Gasteiger partial charge is 0.451 e. The molecule has 0 N–H and O–H groups in total. The number of ether oxygens (including phenoxy) is 4. The zero-order valence-electron chi connectivity index (χ0n) is 16.0. The van der Waals surface area contributed by atoms with Crippen molar-refractivity contribution >= 4 is 23.5 Å². The molecule has 0 amide bonds. The van der Waals surface area contributed by atoms with Crippen molar-refractivity contribution in [2.24, 2.45) is 5.41 Å². The third-order valence-electron chi connectivity index (χ3n) is 4.40. The molecule has 0 aromatic heterocycles. The van der Waals surface area contributed by atoms with E-state index in [9.17, 15) is 9.59 Å². The second kappa shape index (κ2) is 8.31. The smallest absolute Gasteiger partial charge is 0.312 e. The van der Waals surface area contributed by atoms with Crippen LogP contribution < -0.4 is 0 Å². The molecule has 7 heteroatoms. The maximum Gasteiger partial charge on any atom is 0.312 e. The average Bonchev–Trinajstić information content (AvgIpc) is 2.64. The van der Waals surface area contributed by atoms with Gasteiger partial charge in [0.25, 0.3) is 0 Å². The Balaban J connectivity index is 1.83. The highest BCUT2D eigenvalue weighted by Gasteiger charge is 2.52. The van der Waals surface area contributed by atoms with Gasteiger partial charge >= 0.3 is 5.97 Å². The van der Waals surface area contributed by atoms with E-state index < -0.39 is 41.4 Å². The van der Waals surface area contributed by atoms with Gasteiger partial charge < -0.3 is 18.9 Å². The molecule has 3 rings (SSSR count). The normalized spacial score (nSPS) is 31.3. The van der Waals surface area contributed by atoms with E-state index in [2.05, 4.69) is 0 Å². The number of hydrogen-bond donors (Lipinski definition) is 0. The Bertz CT molecular complexity index is 671. The number of hydrogen-bond acceptors (Lipinski definition) is 7. The summed E-state index contributed by atoms with van der Waals surface area (Å²) in [4.78, 5) is 25.4. The number of ketones is 1. The lowest BCUT2D eigenvalue weighted by Gasteiger charge is -2.44. The molecule has 2 aliphatic heterocycles. The van der Waals surface area contributed by atoms with Gasteiger partial charge in [0.2, 0.25) is 5.78 Å². The molecule has 0 saturated carbocycles. The van der Waals surface area contributed by atoms with Gasteiger partial charge in [-0.1, -0.05) is 37.3 Å². The van der Waals surface area contributed by atoms with Crippen molar-refractivity contribution in [3.8, 4) is 0 Å². The van der Waals surface area contributed by atoms with Crippen molar-refractivity contribution < 1.29 is 28.5 Å². The van der Waals surface area contributed by atoms with Gasteiger partial charge in [-0.15, -0.1) is 11.8 Å². The number of rotatable bonds is 4. The second-order valence-electron chi connectivity index (χ2n) is 7.62. The number of benzene rings is 1. The average molecular weight is 394 g/mol. The summed E-state index contributed by atoms with van der Waals surface area (Å²) in [6, 6.07) is 9.47. The van der Waals surface area contributed by atoms with E-state index in [1.54, 1.807) is 20.8 Å². The van der Waals surface area contributed by atoms with Crippen molar-refractivity contribution in [2.75, 3.05) is 12.4 Å². The predicted octanol–water partition coefficient (Wildman–Crippen LogP) is 3.11. The van der Waals surface area contributed by atoms with Crippen LogP contribution in [0.15, 0.2) is 30.3 Å². The summed E-state index contributed by atoms with van der Waals surface area (Å²) in [6.45, 7) is 7.48. The van der Waals surface area contributed by atoms with Gasteiger partial charge in [0, 0.05) is 5.56 Å². The fourth-order valence-electron chi connectivity index (χ4n) is 2.93. The van der Waals surface area contributed by atoms with Gasteiger partial charge in [0.05, 0.1) is 12.0 Å². The lowest BCUT2D eigenvalue weighted by Crippen LogP contribution is -2.60. The second-order valence-corrected chi connectivity index (χ2v) is 8.96. The fourth-order valence-corrected chi connectivity index (χ4v) is 3.75. The van der Waals surface area contributed by atoms with Crippen LogP contribution in [-0.2, 0) is 28.5 Å². The lowest BCUT2D eigenvalue weighted by atomic mass is 9.95. The molecule has 0 bridgehead atoms. The van der Waals surface area contributed by atoms with Gasteiger partial charge in [-0.25, -0.2) is 0 Å². The summed E-state index contributed by atoms with van der Waals surface area (Å²) in [7, 11) is 0. The highest BCUT2D eigenvalue weighted by atomic mass is 32.2. The number of carbonyl (C=O) groups is 2. The van der Waals surface area contributed by atoms with E-state index >= 15 is 0 Å². The first-order valence-electron chi connectivity index (χ1n) is 9.15. The Hall–Kier alpha value is -1.41. The van der Waals surface area contributed by atoms with E-state index in [4.69, 9.17) is 18.9 Å². The lowest BCUT2D eigenvalue weighted by molar-refractivity contribution is -0.294. The Kier molecular flexibility index (Phi) is 6.25. The summed E-state index contributed by atoms with van der Waals surface area (Å²) >= 11 is 1.38. The number of Topliss-reactive ketones (excluding diaryl/α,β-unsaturated/α-hetero) is 1. The SMILES string of the molecule is CCS[C@@H]1O[C@@H]2COC(c3ccccc3)O[C@H]2[C@H](OC(=O)C(C)(C)C)C1=O. The highest BCUT2D eigenvalue weighted by Crippen LogP contribution is 2.36. The summed E-state index contributed by atoms with van der Waals surface area (Å²) in [6.07, 6.45) is -2.80. The molecule has 5 atom stereocenters. The maximum absolute atomic E-state index is 12.9. The monoisotopic (exact) mass is 394 g/mol. The van der Waals surface area contributed by atoms with Gasteiger partial charge in [0.15, 0.2) is 17.8 Å². The van der Waals surface area contributed by atoms with E-state index in [0.29, 0.717) is 5.75 Å². The molecule has 0 spiro atoms. The molecule has 148 valence electrons. The van der Waals surface area contributed by atoms with Crippen molar-refractivity contribution in [3.63, 3.8) is 0 Å². The Morgan fingerprint density at radius 2 is 1.93 bits per heavy atom. The molecule has 27 heavy (non-hydrogen) atoms. The molecule has 2 heterocycles. The fraction of sp³-hybridized carbons (Fsp3) is 0.600. The number of fused-ring (bicyclic) bond motifs is 1. The Morgan fingerprint density at radius 3 is 2.56 bits per heavy atom. The van der Waals surface area contributed by atoms with Crippen molar-refractivity contribution in [2.45, 2.75) is 57.7 Å². The van der Waals surface area contributed by atoms with Crippen molar-refractivity contribution in [1.29, 1.82) is 0 Å². The zero-order valence-corrected chi connectivity index (χ0v) is 16.9. The van der Waals surface area contributed by atoms with Gasteiger partial charge in [-0.2, -0.15) is 0 Å². The summed E-state index contributed by atoms with van der Waals surface area (Å²) in [5.41, 5.74) is -0.560. The molecule has 6 nitrogen and oxygen atoms in total. The molecule has 0 radical (unpaired) electrons. The quantitative estimate of drug-likeness (QED) is 0.727. The van der Waals surface area contributed by atoms with Gasteiger partial charge in [-0.05, 0) is 26.5 Å². The van der Waals surface area contributed by atoms with Crippen LogP contribution >= 0.6 is 11.8 Å². The minimum absolute atomic E-state index is 0.266. The molecule has 1 unspecified atom stereocenters. The maximum atomic E-state index is 12.9. The summed E-state index contributed by atoms with van der Waals surface area (Å²) in [5.74, 6) is 0.00440. The van der Waals surface area contributed by atoms with E-state index in [1.807, 2.05) is 37.3 Å². The Morgan fingerprint density at radius 1 is 1.22 bits per heavy atom. The molecule has 1 aromatic carbocycles. The van der Waals surface area contributed by atoms with E-state index in [0.717, 1.165) is 5.56 Å². The molecule has 2 aliphatic rings. The van der Waals surface area contributed by atoms with E-state index in [-0.39, 0.29) is 12.4 Å². The summed E-state index contributed by atoms with van der Waals surface area (Å²) < 4.78 is 23.4. The van der Waals surface area contributed by atoms with E-state index in [1.165, 1.54) is 11.8 Å². The predicted molar refractivity (Wildman–Crippen MR) is 101 cm³/mol. The topological polar surface area (TPSA) is 71.1 Å². The molecule has 1 aromatic rings. The van der Waals surface area contributed by atoms with Crippen LogP contribution in [0.3, 0.4) is 0 Å². The number of thioether (sulfide) groups is 1. The third kappa shape index (κ3) is 4.54. The molecule has 2 saturated heterocycles. The van der Waals surface area contributed by atoms with Crippen LogP contribution in [0.4, 0.5) is 0 Å². The highest BCUT2D eigenvalue weighted by molar-refractivity contribution is 8.00. The van der Waals surface area contributed by atoms with Crippen LogP contribution in [-0.4, -0.2) is 47.9 Å². The van der Waals surface area contributed by atoms with Crippen LogP contribution in [0.5, 0.6) is 0 Å². The Labute approximate surface area is 163 Å². The standard InChI is InChI=1S/C20H26O6S/c1-5-27-18-14(21)16(26-19(22)20(2,3)4)15-13(24-18)11-23-17(25-15)12-9-7-6-8-10-12/h6-10,13,15-18H,5,11H2,1-4H3/t13-,15-,16-,17?,18+/m1/s1. The molecular formula is C20H26O6S. The van der Waals surface area contributed by atoms with Crippen LogP contribution in [0.2, 0.25) is 0 Å². The third-order valence-corrected chi connectivity index (χ3v) is 5.38. The van der Waals surface area contributed by atoms with Crippen LogP contribution in [0.1, 0.15) is 39.5 Å². The minimum atomic E-state index is -1.00. The van der Waals surface area contributed by atoms with Crippen LogP contribution in [0, 0.1) is 5.41 Å².